The minimum Gasteiger partial charge on any atom is -0.338 e. The molecule has 19 heavy (non-hydrogen) atoms. The van der Waals surface area contributed by atoms with E-state index in [1.54, 1.807) is 11.3 Å². The Morgan fingerprint density at radius 3 is 2.74 bits per heavy atom. The van der Waals surface area contributed by atoms with Crippen LogP contribution in [-0.2, 0) is 0 Å². The summed E-state index contributed by atoms with van der Waals surface area (Å²) in [5.74, 6) is 0.848. The molecule has 0 bridgehead atoms. The fraction of sp³-hybridized carbons (Fsp3) is 0.385. The van der Waals surface area contributed by atoms with E-state index in [4.69, 9.17) is 4.98 Å². The third-order valence-electron chi connectivity index (χ3n) is 3.07. The highest BCUT2D eigenvalue weighted by Gasteiger charge is 2.15. The molecule has 3 rings (SSSR count). The van der Waals surface area contributed by atoms with Gasteiger partial charge in [0.05, 0.1) is 14.4 Å². The van der Waals surface area contributed by atoms with E-state index < -0.39 is 0 Å². The molecule has 0 aromatic carbocycles. The van der Waals surface area contributed by atoms with Gasteiger partial charge in [-0.1, -0.05) is 0 Å². The molecule has 1 aliphatic rings. The van der Waals surface area contributed by atoms with Crippen LogP contribution in [0.4, 0.5) is 5.95 Å². The van der Waals surface area contributed by atoms with Gasteiger partial charge in [-0.15, -0.1) is 11.3 Å². The lowest BCUT2D eigenvalue weighted by Gasteiger charge is -2.27. The number of hydrogen-bond acceptors (Lipinski definition) is 5. The van der Waals surface area contributed by atoms with Crippen LogP contribution >= 0.6 is 27.3 Å². The van der Waals surface area contributed by atoms with Crippen molar-refractivity contribution in [1.29, 1.82) is 0 Å². The maximum Gasteiger partial charge on any atom is 0.226 e. The summed E-state index contributed by atoms with van der Waals surface area (Å²) in [7, 11) is 0. The van der Waals surface area contributed by atoms with Gasteiger partial charge in [-0.2, -0.15) is 0 Å². The first-order valence-corrected chi connectivity index (χ1v) is 7.90. The van der Waals surface area contributed by atoms with Crippen molar-refractivity contribution in [2.45, 2.75) is 6.92 Å². The van der Waals surface area contributed by atoms with E-state index in [9.17, 15) is 0 Å². The lowest BCUT2D eigenvalue weighted by Crippen LogP contribution is -2.44. The number of rotatable bonds is 2. The molecule has 0 atom stereocenters. The standard InChI is InChI=1S/C13H15BrN4S/c1-9-8-10(11-2-3-12(14)19-11)17-13(16-9)18-6-4-15-5-7-18/h2-3,8,15H,4-7H2,1H3. The summed E-state index contributed by atoms with van der Waals surface area (Å²) < 4.78 is 1.13. The molecule has 2 aromatic heterocycles. The molecular formula is C13H15BrN4S. The highest BCUT2D eigenvalue weighted by Crippen LogP contribution is 2.31. The maximum absolute atomic E-state index is 4.72. The lowest BCUT2D eigenvalue weighted by atomic mass is 10.3. The Hall–Kier alpha value is -0.980. The number of anilines is 1. The number of hydrogen-bond donors (Lipinski definition) is 1. The van der Waals surface area contributed by atoms with Gasteiger partial charge in [-0.05, 0) is 41.1 Å². The van der Waals surface area contributed by atoms with Crippen molar-refractivity contribution in [2.75, 3.05) is 31.1 Å². The Kier molecular flexibility index (Phi) is 3.81. The molecule has 0 radical (unpaired) electrons. The van der Waals surface area contributed by atoms with E-state index in [1.807, 2.05) is 13.0 Å². The lowest BCUT2D eigenvalue weighted by molar-refractivity contribution is 0.579. The molecule has 2 aromatic rings. The normalized spacial score (nSPS) is 15.8. The first-order chi connectivity index (χ1) is 9.22. The van der Waals surface area contributed by atoms with Crippen LogP contribution in [-0.4, -0.2) is 36.1 Å². The van der Waals surface area contributed by atoms with Crippen molar-refractivity contribution in [3.63, 3.8) is 0 Å². The van der Waals surface area contributed by atoms with Crippen LogP contribution in [0.5, 0.6) is 0 Å². The second kappa shape index (κ2) is 5.56. The largest absolute Gasteiger partial charge is 0.338 e. The summed E-state index contributed by atoms with van der Waals surface area (Å²) in [5.41, 5.74) is 2.03. The highest BCUT2D eigenvalue weighted by molar-refractivity contribution is 9.11. The van der Waals surface area contributed by atoms with E-state index in [-0.39, 0.29) is 0 Å². The van der Waals surface area contributed by atoms with Gasteiger partial charge >= 0.3 is 0 Å². The monoisotopic (exact) mass is 338 g/mol. The molecular weight excluding hydrogens is 324 g/mol. The zero-order valence-corrected chi connectivity index (χ0v) is 13.1. The van der Waals surface area contributed by atoms with Crippen LogP contribution in [0.2, 0.25) is 0 Å². The van der Waals surface area contributed by atoms with E-state index >= 15 is 0 Å². The number of aromatic nitrogens is 2. The fourth-order valence-electron chi connectivity index (χ4n) is 2.14. The van der Waals surface area contributed by atoms with Crippen LogP contribution < -0.4 is 10.2 Å². The van der Waals surface area contributed by atoms with Crippen molar-refractivity contribution >= 4 is 33.2 Å². The Bertz CT molecular complexity index is 578. The van der Waals surface area contributed by atoms with Crippen LogP contribution in [0, 0.1) is 6.92 Å². The summed E-state index contributed by atoms with van der Waals surface area (Å²) in [6.45, 7) is 5.96. The van der Waals surface area contributed by atoms with Gasteiger partial charge in [0, 0.05) is 31.9 Å². The smallest absolute Gasteiger partial charge is 0.226 e. The SMILES string of the molecule is Cc1cc(-c2ccc(Br)s2)nc(N2CCNCC2)n1. The molecule has 3 heterocycles. The third kappa shape index (κ3) is 2.96. The van der Waals surface area contributed by atoms with Crippen molar-refractivity contribution in [3.8, 4) is 10.6 Å². The molecule has 0 spiro atoms. The molecule has 100 valence electrons. The maximum atomic E-state index is 4.72. The quantitative estimate of drug-likeness (QED) is 0.913. The first kappa shape index (κ1) is 13.0. The summed E-state index contributed by atoms with van der Waals surface area (Å²) in [6.07, 6.45) is 0. The van der Waals surface area contributed by atoms with E-state index in [1.165, 1.54) is 4.88 Å². The van der Waals surface area contributed by atoms with Gasteiger partial charge in [0.2, 0.25) is 5.95 Å². The van der Waals surface area contributed by atoms with Gasteiger partial charge in [0.15, 0.2) is 0 Å². The molecule has 1 aliphatic heterocycles. The van der Waals surface area contributed by atoms with Crippen LogP contribution in [0.15, 0.2) is 22.0 Å². The van der Waals surface area contributed by atoms with Crippen molar-refractivity contribution in [3.05, 3.63) is 27.7 Å². The fourth-order valence-corrected chi connectivity index (χ4v) is 3.48. The van der Waals surface area contributed by atoms with E-state index in [0.29, 0.717) is 0 Å². The summed E-state index contributed by atoms with van der Waals surface area (Å²) >= 11 is 5.20. The van der Waals surface area contributed by atoms with Crippen LogP contribution in [0.3, 0.4) is 0 Å². The van der Waals surface area contributed by atoms with Gasteiger partial charge in [0.25, 0.3) is 0 Å². The molecule has 1 N–H and O–H groups in total. The predicted octanol–water partition coefficient (Wildman–Crippen LogP) is 2.69. The summed E-state index contributed by atoms with van der Waals surface area (Å²) in [5, 5.41) is 3.35. The Morgan fingerprint density at radius 2 is 2.05 bits per heavy atom. The molecule has 0 unspecified atom stereocenters. The second-order valence-corrected chi connectivity index (χ2v) is 7.00. The number of piperazine rings is 1. The second-order valence-electron chi connectivity index (χ2n) is 4.54. The molecule has 1 fully saturated rings. The first-order valence-electron chi connectivity index (χ1n) is 6.29. The molecule has 4 nitrogen and oxygen atoms in total. The topological polar surface area (TPSA) is 41.1 Å². The Balaban J connectivity index is 1.95. The van der Waals surface area contributed by atoms with Crippen molar-refractivity contribution < 1.29 is 0 Å². The zero-order chi connectivity index (χ0) is 13.2. The number of aryl methyl sites for hydroxylation is 1. The minimum atomic E-state index is 0.848. The van der Waals surface area contributed by atoms with Gasteiger partial charge in [-0.3, -0.25) is 0 Å². The number of nitrogens with zero attached hydrogens (tertiary/aromatic N) is 3. The van der Waals surface area contributed by atoms with Gasteiger partial charge < -0.3 is 10.2 Å². The van der Waals surface area contributed by atoms with Crippen LogP contribution in [0.25, 0.3) is 10.6 Å². The average Bonchev–Trinajstić information content (AvgIpc) is 2.86. The molecule has 1 saturated heterocycles. The summed E-state index contributed by atoms with van der Waals surface area (Å²) in [6, 6.07) is 6.20. The summed E-state index contributed by atoms with van der Waals surface area (Å²) in [4.78, 5) is 12.7. The predicted molar refractivity (Wildman–Crippen MR) is 82.9 cm³/mol. The molecule has 0 amide bonds. The number of halogens is 1. The van der Waals surface area contributed by atoms with Gasteiger partial charge in [0.1, 0.15) is 0 Å². The van der Waals surface area contributed by atoms with Crippen LogP contribution in [0.1, 0.15) is 5.69 Å². The van der Waals surface area contributed by atoms with Crippen molar-refractivity contribution in [2.24, 2.45) is 0 Å². The molecule has 0 aliphatic carbocycles. The average molecular weight is 339 g/mol. The third-order valence-corrected chi connectivity index (χ3v) is 4.71. The Morgan fingerprint density at radius 1 is 1.26 bits per heavy atom. The van der Waals surface area contributed by atoms with Crippen molar-refractivity contribution in [1.82, 2.24) is 15.3 Å². The molecule has 0 saturated carbocycles. The zero-order valence-electron chi connectivity index (χ0n) is 10.7. The number of nitrogens with one attached hydrogen (secondary N) is 1. The van der Waals surface area contributed by atoms with Gasteiger partial charge in [-0.25, -0.2) is 9.97 Å². The highest BCUT2D eigenvalue weighted by atomic mass is 79.9. The minimum absolute atomic E-state index is 0.848. The molecule has 6 heteroatoms. The van der Waals surface area contributed by atoms with E-state index in [2.05, 4.69) is 43.3 Å². The van der Waals surface area contributed by atoms with E-state index in [0.717, 1.165) is 47.3 Å². The number of thiophene rings is 1. The Labute approximate surface area is 125 Å².